The molecule has 4 rings (SSSR count). The number of hydrogen-bond donors (Lipinski definition) is 0. The third-order valence-electron chi connectivity index (χ3n) is 5.71. The molecule has 0 radical (unpaired) electrons. The van der Waals surface area contributed by atoms with Crippen LogP contribution >= 0.6 is 0 Å². The fraction of sp³-hybridized carbons (Fsp3) is 0.684. The predicted molar refractivity (Wildman–Crippen MR) is 91.9 cm³/mol. The van der Waals surface area contributed by atoms with E-state index in [2.05, 4.69) is 26.0 Å². The lowest BCUT2D eigenvalue weighted by Gasteiger charge is -2.27. The fourth-order valence-corrected chi connectivity index (χ4v) is 4.17. The van der Waals surface area contributed by atoms with Gasteiger partial charge in [-0.15, -0.1) is 0 Å². The van der Waals surface area contributed by atoms with Gasteiger partial charge in [-0.2, -0.15) is 5.10 Å². The van der Waals surface area contributed by atoms with Gasteiger partial charge in [0.05, 0.1) is 17.9 Å². The average molecular weight is 329 g/mol. The number of rotatable bonds is 2. The minimum atomic E-state index is -0.0399. The van der Waals surface area contributed by atoms with Gasteiger partial charge in [0.2, 0.25) is 0 Å². The summed E-state index contributed by atoms with van der Waals surface area (Å²) < 4.78 is 7.79. The molecule has 2 aliphatic heterocycles. The van der Waals surface area contributed by atoms with Gasteiger partial charge < -0.3 is 9.64 Å². The van der Waals surface area contributed by atoms with Crippen LogP contribution in [0.15, 0.2) is 12.2 Å². The number of ether oxygens (including phenoxy) is 1. The van der Waals surface area contributed by atoms with E-state index in [1.807, 2.05) is 16.5 Å². The highest BCUT2D eigenvalue weighted by molar-refractivity contribution is 5.94. The van der Waals surface area contributed by atoms with E-state index >= 15 is 0 Å². The molecule has 1 aromatic rings. The van der Waals surface area contributed by atoms with Crippen LogP contribution in [0, 0.1) is 5.41 Å². The standard InChI is InChI=1S/C19H27N3O2/c1-4-22-17(15-11-13(2)24-14(3)16(15)20-22)18(23)21-10-6-5-7-19(12-21)8-9-19/h5-6,13-14H,4,7-12H2,1-3H3/t13-,14+/m0/s1. The molecule has 130 valence electrons. The van der Waals surface area contributed by atoms with E-state index in [1.54, 1.807) is 0 Å². The predicted octanol–water partition coefficient (Wildman–Crippen LogP) is 3.11. The van der Waals surface area contributed by atoms with Gasteiger partial charge in [-0.05, 0) is 45.4 Å². The van der Waals surface area contributed by atoms with Crippen LogP contribution in [-0.4, -0.2) is 39.8 Å². The van der Waals surface area contributed by atoms with Gasteiger partial charge in [-0.25, -0.2) is 0 Å². The van der Waals surface area contributed by atoms with E-state index < -0.39 is 0 Å². The monoisotopic (exact) mass is 329 g/mol. The summed E-state index contributed by atoms with van der Waals surface area (Å²) in [7, 11) is 0. The van der Waals surface area contributed by atoms with Gasteiger partial charge in [0.1, 0.15) is 5.69 Å². The number of amides is 1. The van der Waals surface area contributed by atoms with Crippen LogP contribution in [-0.2, 0) is 17.7 Å². The summed E-state index contributed by atoms with van der Waals surface area (Å²) >= 11 is 0. The third-order valence-corrected chi connectivity index (χ3v) is 5.71. The number of hydrogen-bond acceptors (Lipinski definition) is 3. The molecule has 0 aromatic carbocycles. The zero-order valence-electron chi connectivity index (χ0n) is 14.9. The summed E-state index contributed by atoms with van der Waals surface area (Å²) in [6.45, 7) is 8.46. The van der Waals surface area contributed by atoms with Crippen LogP contribution in [0.1, 0.15) is 67.9 Å². The number of nitrogens with zero attached hydrogens (tertiary/aromatic N) is 3. The second-order valence-electron chi connectivity index (χ2n) is 7.68. The summed E-state index contributed by atoms with van der Waals surface area (Å²) in [6.07, 6.45) is 8.87. The molecule has 5 heteroatoms. The first-order valence-corrected chi connectivity index (χ1v) is 9.22. The molecule has 1 saturated carbocycles. The molecule has 1 spiro atoms. The van der Waals surface area contributed by atoms with Crippen LogP contribution in [0.3, 0.4) is 0 Å². The Kier molecular flexibility index (Phi) is 3.79. The van der Waals surface area contributed by atoms with Crippen LogP contribution < -0.4 is 0 Å². The summed E-state index contributed by atoms with van der Waals surface area (Å²) in [4.78, 5) is 15.4. The van der Waals surface area contributed by atoms with Crippen molar-refractivity contribution in [3.05, 3.63) is 29.1 Å². The van der Waals surface area contributed by atoms with Crippen molar-refractivity contribution in [2.75, 3.05) is 13.1 Å². The summed E-state index contributed by atoms with van der Waals surface area (Å²) in [5.74, 6) is 0.143. The first-order valence-electron chi connectivity index (χ1n) is 9.22. The van der Waals surface area contributed by atoms with Gasteiger partial charge in [0.25, 0.3) is 5.91 Å². The van der Waals surface area contributed by atoms with Gasteiger partial charge >= 0.3 is 0 Å². The first-order chi connectivity index (χ1) is 11.5. The largest absolute Gasteiger partial charge is 0.369 e. The van der Waals surface area contributed by atoms with Crippen LogP contribution in [0.2, 0.25) is 0 Å². The minimum Gasteiger partial charge on any atom is -0.369 e. The Bertz CT molecular complexity index is 687. The Labute approximate surface area is 143 Å². The van der Waals surface area contributed by atoms with Crippen molar-refractivity contribution >= 4 is 5.91 Å². The molecule has 1 aromatic heterocycles. The maximum absolute atomic E-state index is 13.4. The van der Waals surface area contributed by atoms with Crippen LogP contribution in [0.25, 0.3) is 0 Å². The lowest BCUT2D eigenvalue weighted by atomic mass is 9.98. The summed E-state index contributed by atoms with van der Waals surface area (Å²) in [6, 6.07) is 0. The van der Waals surface area contributed by atoms with Crippen molar-refractivity contribution in [3.63, 3.8) is 0 Å². The number of aryl methyl sites for hydroxylation is 1. The molecule has 3 aliphatic rings. The second kappa shape index (κ2) is 5.73. The maximum atomic E-state index is 13.4. The van der Waals surface area contributed by atoms with Crippen molar-refractivity contribution in [2.24, 2.45) is 5.41 Å². The van der Waals surface area contributed by atoms with Crippen molar-refractivity contribution in [1.82, 2.24) is 14.7 Å². The zero-order chi connectivity index (χ0) is 16.9. The SMILES string of the molecule is CCn1nc2c(c1C(=O)N1CC=CCC3(CC3)C1)C[C@H](C)O[C@@H]2C. The molecule has 0 saturated heterocycles. The molecular formula is C19H27N3O2. The maximum Gasteiger partial charge on any atom is 0.272 e. The molecule has 1 aliphatic carbocycles. The Morgan fingerprint density at radius 2 is 2.17 bits per heavy atom. The van der Waals surface area contributed by atoms with Crippen molar-refractivity contribution < 1.29 is 9.53 Å². The molecule has 24 heavy (non-hydrogen) atoms. The van der Waals surface area contributed by atoms with Gasteiger partial charge in [0.15, 0.2) is 0 Å². The van der Waals surface area contributed by atoms with Crippen molar-refractivity contribution in [2.45, 2.75) is 65.2 Å². The van der Waals surface area contributed by atoms with Crippen LogP contribution in [0.5, 0.6) is 0 Å². The van der Waals surface area contributed by atoms with E-state index in [0.29, 0.717) is 18.5 Å². The number of carbonyl (C=O) groups is 1. The quantitative estimate of drug-likeness (QED) is 0.783. The third kappa shape index (κ3) is 2.59. The topological polar surface area (TPSA) is 47.4 Å². The highest BCUT2D eigenvalue weighted by atomic mass is 16.5. The van der Waals surface area contributed by atoms with Crippen LogP contribution in [0.4, 0.5) is 0 Å². The highest BCUT2D eigenvalue weighted by Crippen LogP contribution is 2.50. The van der Waals surface area contributed by atoms with Crippen molar-refractivity contribution in [1.29, 1.82) is 0 Å². The first kappa shape index (κ1) is 15.9. The molecule has 2 atom stereocenters. The zero-order valence-corrected chi connectivity index (χ0v) is 14.9. The van der Waals surface area contributed by atoms with E-state index in [-0.39, 0.29) is 18.1 Å². The number of aromatic nitrogens is 2. The Balaban J connectivity index is 1.70. The van der Waals surface area contributed by atoms with Crippen molar-refractivity contribution in [3.8, 4) is 0 Å². The molecule has 3 heterocycles. The number of carbonyl (C=O) groups excluding carboxylic acids is 1. The van der Waals surface area contributed by atoms with E-state index in [4.69, 9.17) is 9.84 Å². The van der Waals surface area contributed by atoms with E-state index in [0.717, 1.165) is 36.3 Å². The highest BCUT2D eigenvalue weighted by Gasteiger charge is 2.45. The molecule has 5 nitrogen and oxygen atoms in total. The lowest BCUT2D eigenvalue weighted by Crippen LogP contribution is -2.37. The average Bonchev–Trinajstić information content (AvgIpc) is 3.27. The smallest absolute Gasteiger partial charge is 0.272 e. The molecule has 0 bridgehead atoms. The molecule has 1 amide bonds. The fourth-order valence-electron chi connectivity index (χ4n) is 4.17. The molecule has 0 unspecified atom stereocenters. The van der Waals surface area contributed by atoms with Gasteiger partial charge in [0, 0.05) is 31.6 Å². The van der Waals surface area contributed by atoms with Gasteiger partial charge in [-0.1, -0.05) is 12.2 Å². The summed E-state index contributed by atoms with van der Waals surface area (Å²) in [5.41, 5.74) is 3.19. The lowest BCUT2D eigenvalue weighted by molar-refractivity contribution is -0.00716. The van der Waals surface area contributed by atoms with E-state index in [9.17, 15) is 4.79 Å². The van der Waals surface area contributed by atoms with Gasteiger partial charge in [-0.3, -0.25) is 9.48 Å². The molecule has 0 N–H and O–H groups in total. The molecule has 1 fully saturated rings. The normalized spacial score (nSPS) is 27.9. The number of fused-ring (bicyclic) bond motifs is 1. The minimum absolute atomic E-state index is 0.0399. The van der Waals surface area contributed by atoms with E-state index in [1.165, 1.54) is 12.8 Å². The second-order valence-corrected chi connectivity index (χ2v) is 7.68. The Morgan fingerprint density at radius 1 is 1.38 bits per heavy atom. The number of allylic oxidation sites excluding steroid dienone is 1. The summed E-state index contributed by atoms with van der Waals surface area (Å²) in [5, 5.41) is 4.70. The molecular weight excluding hydrogens is 302 g/mol. The Hall–Kier alpha value is -1.62. The Morgan fingerprint density at radius 3 is 2.88 bits per heavy atom.